The molecule has 0 bridgehead atoms. The molecule has 0 spiro atoms. The molecule has 3 aromatic rings. The first-order valence-corrected chi connectivity index (χ1v) is 8.54. The third-order valence-corrected chi connectivity index (χ3v) is 4.57. The molecular weight excluding hydrogens is 354 g/mol. The number of hydrogen-bond acceptors (Lipinski definition) is 3. The number of anilines is 1. The van der Waals surface area contributed by atoms with E-state index in [1.54, 1.807) is 12.1 Å². The minimum absolute atomic E-state index is 0.124. The maximum Gasteiger partial charge on any atom is 0.264 e. The van der Waals surface area contributed by atoms with E-state index in [1.165, 1.54) is 6.07 Å². The van der Waals surface area contributed by atoms with E-state index in [4.69, 9.17) is 16.3 Å². The molecule has 132 valence electrons. The number of benzene rings is 2. The highest BCUT2D eigenvalue weighted by Gasteiger charge is 2.25. The highest BCUT2D eigenvalue weighted by Crippen LogP contribution is 2.34. The zero-order chi connectivity index (χ0) is 18.1. The van der Waals surface area contributed by atoms with Crippen molar-refractivity contribution in [2.75, 3.05) is 5.32 Å². The zero-order valence-electron chi connectivity index (χ0n) is 13.7. The normalized spacial score (nSPS) is 15.7. The Morgan fingerprint density at radius 3 is 2.69 bits per heavy atom. The van der Waals surface area contributed by atoms with Crippen LogP contribution in [0.5, 0.6) is 0 Å². The number of ether oxygens (including phenoxy) is 1. The van der Waals surface area contributed by atoms with Crippen molar-refractivity contribution in [2.45, 2.75) is 19.1 Å². The summed E-state index contributed by atoms with van der Waals surface area (Å²) >= 11 is 5.99. The van der Waals surface area contributed by atoms with Crippen LogP contribution < -0.4 is 10.9 Å². The second kappa shape index (κ2) is 6.82. The summed E-state index contributed by atoms with van der Waals surface area (Å²) in [4.78, 5) is 23.5. The van der Waals surface area contributed by atoms with E-state index in [9.17, 15) is 9.59 Å². The Hall–Kier alpha value is -2.83. The fourth-order valence-electron chi connectivity index (χ4n) is 3.06. The van der Waals surface area contributed by atoms with Crippen LogP contribution in [0.1, 0.15) is 23.7 Å². The molecule has 2 heterocycles. The van der Waals surface area contributed by atoms with E-state index >= 15 is 0 Å². The maximum absolute atomic E-state index is 12.3. The van der Waals surface area contributed by atoms with Crippen molar-refractivity contribution >= 4 is 23.2 Å². The van der Waals surface area contributed by atoms with Crippen LogP contribution in [-0.4, -0.2) is 16.1 Å². The SMILES string of the molecule is O=C(CC1OCc2cc(Cl)ccc21)Nc1ccc(-c2cc(=O)[nH][nH]2)cc1. The molecule has 1 aromatic heterocycles. The lowest BCUT2D eigenvalue weighted by atomic mass is 10.0. The van der Waals surface area contributed by atoms with Crippen molar-refractivity contribution in [1.82, 2.24) is 10.2 Å². The largest absolute Gasteiger partial charge is 0.368 e. The van der Waals surface area contributed by atoms with E-state index in [-0.39, 0.29) is 24.0 Å². The van der Waals surface area contributed by atoms with Gasteiger partial charge in [0, 0.05) is 16.8 Å². The first-order valence-electron chi connectivity index (χ1n) is 8.16. The lowest BCUT2D eigenvalue weighted by molar-refractivity contribution is -0.118. The van der Waals surface area contributed by atoms with E-state index in [2.05, 4.69) is 15.5 Å². The van der Waals surface area contributed by atoms with Gasteiger partial charge in [0.25, 0.3) is 5.56 Å². The van der Waals surface area contributed by atoms with E-state index in [0.29, 0.717) is 23.0 Å². The van der Waals surface area contributed by atoms with Crippen LogP contribution >= 0.6 is 11.6 Å². The summed E-state index contributed by atoms with van der Waals surface area (Å²) in [5, 5.41) is 8.82. The molecule has 1 amide bonds. The minimum atomic E-state index is -0.258. The van der Waals surface area contributed by atoms with E-state index in [0.717, 1.165) is 16.7 Å². The van der Waals surface area contributed by atoms with Crippen LogP contribution in [-0.2, 0) is 16.1 Å². The molecule has 0 radical (unpaired) electrons. The van der Waals surface area contributed by atoms with Crippen molar-refractivity contribution in [1.29, 1.82) is 0 Å². The average molecular weight is 370 g/mol. The Balaban J connectivity index is 1.41. The standard InChI is InChI=1S/C19H16ClN3O3/c20-13-3-6-15-12(7-13)10-26-17(15)9-18(24)21-14-4-1-11(2-5-14)16-8-19(25)23-22-16/h1-8,17H,9-10H2,(H,21,24)(H2,22,23,25). The Bertz CT molecular complexity index is 1010. The van der Waals surface area contributed by atoms with Gasteiger partial charge in [-0.3, -0.25) is 19.8 Å². The molecule has 1 unspecified atom stereocenters. The van der Waals surface area contributed by atoms with Gasteiger partial charge in [-0.15, -0.1) is 0 Å². The Morgan fingerprint density at radius 1 is 1.15 bits per heavy atom. The summed E-state index contributed by atoms with van der Waals surface area (Å²) in [6, 6.07) is 14.3. The summed E-state index contributed by atoms with van der Waals surface area (Å²) in [5.74, 6) is -0.124. The molecule has 0 saturated carbocycles. The number of H-pyrrole nitrogens is 2. The fourth-order valence-corrected chi connectivity index (χ4v) is 3.26. The first kappa shape index (κ1) is 16.6. The molecule has 1 atom stereocenters. The van der Waals surface area contributed by atoms with Crippen molar-refractivity contribution in [2.24, 2.45) is 0 Å². The third kappa shape index (κ3) is 3.42. The molecule has 0 saturated heterocycles. The fraction of sp³-hybridized carbons (Fsp3) is 0.158. The number of fused-ring (bicyclic) bond motifs is 1. The lowest BCUT2D eigenvalue weighted by Crippen LogP contribution is -2.15. The van der Waals surface area contributed by atoms with E-state index in [1.807, 2.05) is 30.3 Å². The minimum Gasteiger partial charge on any atom is -0.368 e. The predicted octanol–water partition coefficient (Wildman–Crippen LogP) is 3.62. The number of aromatic amines is 2. The highest BCUT2D eigenvalue weighted by molar-refractivity contribution is 6.30. The number of hydrogen-bond donors (Lipinski definition) is 3. The second-order valence-corrected chi connectivity index (χ2v) is 6.58. The number of aromatic nitrogens is 2. The van der Waals surface area contributed by atoms with Gasteiger partial charge in [-0.1, -0.05) is 29.8 Å². The average Bonchev–Trinajstić information content (AvgIpc) is 3.22. The zero-order valence-corrected chi connectivity index (χ0v) is 14.5. The van der Waals surface area contributed by atoms with Crippen molar-refractivity contribution in [3.05, 3.63) is 75.0 Å². The summed E-state index contributed by atoms with van der Waals surface area (Å²) in [6.45, 7) is 0.470. The molecule has 7 heteroatoms. The third-order valence-electron chi connectivity index (χ3n) is 4.34. The molecule has 2 aromatic carbocycles. The van der Waals surface area contributed by atoms with Gasteiger partial charge in [-0.05, 0) is 41.0 Å². The number of carbonyl (C=O) groups excluding carboxylic acids is 1. The number of carbonyl (C=O) groups is 1. The number of amides is 1. The number of halogens is 1. The van der Waals surface area contributed by atoms with Crippen molar-refractivity contribution in [3.63, 3.8) is 0 Å². The quantitative estimate of drug-likeness (QED) is 0.656. The summed E-state index contributed by atoms with van der Waals surface area (Å²) in [6.07, 6.45) is -0.0203. The smallest absolute Gasteiger partial charge is 0.264 e. The van der Waals surface area contributed by atoms with Crippen LogP contribution in [0.25, 0.3) is 11.3 Å². The monoisotopic (exact) mass is 369 g/mol. The number of nitrogens with one attached hydrogen (secondary N) is 3. The number of rotatable bonds is 4. The Kier molecular flexibility index (Phi) is 4.36. The summed E-state index contributed by atoms with van der Waals surface area (Å²) in [5.41, 5.74) is 4.09. The highest BCUT2D eigenvalue weighted by atomic mass is 35.5. The molecule has 0 aliphatic carbocycles. The first-order chi connectivity index (χ1) is 12.6. The van der Waals surface area contributed by atoms with Gasteiger partial charge < -0.3 is 10.1 Å². The predicted molar refractivity (Wildman–Crippen MR) is 99.1 cm³/mol. The van der Waals surface area contributed by atoms with Gasteiger partial charge in [-0.25, -0.2) is 0 Å². The van der Waals surface area contributed by atoms with Gasteiger partial charge in [-0.2, -0.15) is 0 Å². The van der Waals surface area contributed by atoms with Gasteiger partial charge in [0.05, 0.1) is 24.8 Å². The molecule has 4 rings (SSSR count). The van der Waals surface area contributed by atoms with Crippen molar-refractivity contribution < 1.29 is 9.53 Å². The Morgan fingerprint density at radius 2 is 1.96 bits per heavy atom. The second-order valence-electron chi connectivity index (χ2n) is 6.14. The molecule has 6 nitrogen and oxygen atoms in total. The van der Waals surface area contributed by atoms with Crippen LogP contribution in [0.3, 0.4) is 0 Å². The lowest BCUT2D eigenvalue weighted by Gasteiger charge is -2.12. The Labute approximate surface area is 154 Å². The van der Waals surface area contributed by atoms with Crippen LogP contribution in [0.15, 0.2) is 53.3 Å². The van der Waals surface area contributed by atoms with Crippen molar-refractivity contribution in [3.8, 4) is 11.3 Å². The van der Waals surface area contributed by atoms with Crippen LogP contribution in [0, 0.1) is 0 Å². The molecule has 1 aliphatic heterocycles. The van der Waals surface area contributed by atoms with Crippen LogP contribution in [0.2, 0.25) is 5.02 Å². The van der Waals surface area contributed by atoms with Crippen LogP contribution in [0.4, 0.5) is 5.69 Å². The van der Waals surface area contributed by atoms with Gasteiger partial charge in [0.2, 0.25) is 5.91 Å². The summed E-state index contributed by atoms with van der Waals surface area (Å²) < 4.78 is 5.71. The van der Waals surface area contributed by atoms with Gasteiger partial charge >= 0.3 is 0 Å². The molecule has 3 N–H and O–H groups in total. The molecule has 1 aliphatic rings. The summed E-state index contributed by atoms with van der Waals surface area (Å²) in [7, 11) is 0. The maximum atomic E-state index is 12.3. The van der Waals surface area contributed by atoms with E-state index < -0.39 is 0 Å². The van der Waals surface area contributed by atoms with Gasteiger partial charge in [0.15, 0.2) is 0 Å². The topological polar surface area (TPSA) is 87.0 Å². The molecule has 26 heavy (non-hydrogen) atoms. The molecule has 0 fully saturated rings. The molecular formula is C19H16ClN3O3. The van der Waals surface area contributed by atoms with Gasteiger partial charge in [0.1, 0.15) is 0 Å².